The van der Waals surface area contributed by atoms with Gasteiger partial charge in [0.15, 0.2) is 6.10 Å². The van der Waals surface area contributed by atoms with Crippen LogP contribution >= 0.6 is 7.82 Å². The zero-order valence-corrected chi connectivity index (χ0v) is 35.3. The molecule has 0 heterocycles. The van der Waals surface area contributed by atoms with Gasteiger partial charge in [0, 0.05) is 12.8 Å². The quantitative estimate of drug-likeness (QED) is 0.0237. The molecule has 0 aliphatic rings. The Labute approximate surface area is 334 Å². The second kappa shape index (κ2) is 39.9. The van der Waals surface area contributed by atoms with Gasteiger partial charge >= 0.3 is 19.8 Å². The molecule has 0 radical (unpaired) electrons. The number of carbonyl (C=O) groups is 2. The molecule has 10 nitrogen and oxygen atoms in total. The summed E-state index contributed by atoms with van der Waals surface area (Å²) >= 11 is 0. The summed E-state index contributed by atoms with van der Waals surface area (Å²) < 4.78 is 32.6. The highest BCUT2D eigenvalue weighted by molar-refractivity contribution is 7.47. The zero-order valence-electron chi connectivity index (χ0n) is 34.4. The maximum atomic E-state index is 12.6. The van der Waals surface area contributed by atoms with E-state index in [-0.39, 0.29) is 19.4 Å². The van der Waals surface area contributed by atoms with E-state index in [0.29, 0.717) is 12.8 Å². The highest BCUT2D eigenvalue weighted by atomic mass is 31.2. The molecule has 0 aliphatic heterocycles. The fraction of sp³-hybridized carbons (Fsp3) is 0.727. The molecule has 0 aromatic rings. The molecule has 0 aliphatic carbocycles. The predicted molar refractivity (Wildman–Crippen MR) is 224 cm³/mol. The van der Waals surface area contributed by atoms with Gasteiger partial charge in [-0.2, -0.15) is 0 Å². The average molecular weight is 797 g/mol. The van der Waals surface area contributed by atoms with E-state index in [4.69, 9.17) is 19.1 Å². The van der Waals surface area contributed by atoms with Gasteiger partial charge in [0.05, 0.1) is 19.8 Å². The van der Waals surface area contributed by atoms with Crippen molar-refractivity contribution in [2.75, 3.05) is 26.4 Å². The van der Waals surface area contributed by atoms with E-state index in [1.54, 1.807) is 0 Å². The molecule has 3 N–H and O–H groups in total. The third kappa shape index (κ3) is 39.7. The van der Waals surface area contributed by atoms with Crippen molar-refractivity contribution in [3.63, 3.8) is 0 Å². The van der Waals surface area contributed by atoms with Crippen LogP contribution in [0.3, 0.4) is 0 Å². The highest BCUT2D eigenvalue weighted by Gasteiger charge is 2.27. The minimum absolute atomic E-state index is 0.131. The Morgan fingerprint density at radius 1 is 0.545 bits per heavy atom. The van der Waals surface area contributed by atoms with Crippen LogP contribution in [0, 0.1) is 0 Å². The molecule has 0 saturated carbocycles. The third-order valence-corrected chi connectivity index (χ3v) is 9.60. The average Bonchev–Trinajstić information content (AvgIpc) is 3.17. The Morgan fingerprint density at radius 3 is 1.45 bits per heavy atom. The highest BCUT2D eigenvalue weighted by Crippen LogP contribution is 2.43. The number of aliphatic hydroxyl groups excluding tert-OH is 2. The summed E-state index contributed by atoms with van der Waals surface area (Å²) in [5.74, 6) is -0.983. The molecule has 1 unspecified atom stereocenters. The second-order valence-electron chi connectivity index (χ2n) is 14.0. The van der Waals surface area contributed by atoms with Crippen LogP contribution in [0.4, 0.5) is 0 Å². The summed E-state index contributed by atoms with van der Waals surface area (Å²) in [4.78, 5) is 34.9. The van der Waals surface area contributed by atoms with Crippen molar-refractivity contribution in [3.8, 4) is 0 Å². The van der Waals surface area contributed by atoms with Gasteiger partial charge in [-0.15, -0.1) is 0 Å². The lowest BCUT2D eigenvalue weighted by Gasteiger charge is -2.20. The molecule has 3 atom stereocenters. The SMILES string of the molecule is CCCCC/C=C\C/C=C\C/C=C\CCCCC(=O)O[C@H](COC(=O)CCCCCCCCC/C=C\C/C=C\CCCCC)COP(=O)(O)OC[C@@H](O)CO. The lowest BCUT2D eigenvalue weighted by Crippen LogP contribution is -2.29. The van der Waals surface area contributed by atoms with Crippen LogP contribution in [-0.4, -0.2) is 65.7 Å². The first-order valence-corrected chi connectivity index (χ1v) is 22.7. The van der Waals surface area contributed by atoms with E-state index in [9.17, 15) is 24.2 Å². The maximum absolute atomic E-state index is 12.6. The van der Waals surface area contributed by atoms with Crippen molar-refractivity contribution in [3.05, 3.63) is 60.8 Å². The summed E-state index contributed by atoms with van der Waals surface area (Å²) in [5, 5.41) is 18.3. The number of ether oxygens (including phenoxy) is 2. The van der Waals surface area contributed by atoms with Crippen molar-refractivity contribution in [2.45, 2.75) is 180 Å². The number of phosphoric acid groups is 1. The van der Waals surface area contributed by atoms with Crippen molar-refractivity contribution >= 4 is 19.8 Å². The molecule has 55 heavy (non-hydrogen) atoms. The topological polar surface area (TPSA) is 149 Å². The van der Waals surface area contributed by atoms with Gasteiger partial charge in [0.2, 0.25) is 0 Å². The van der Waals surface area contributed by atoms with Gasteiger partial charge in [0.1, 0.15) is 12.7 Å². The summed E-state index contributed by atoms with van der Waals surface area (Å²) in [6.45, 7) is 2.26. The molecule has 0 aromatic heterocycles. The minimum atomic E-state index is -4.63. The molecule has 0 amide bonds. The molecule has 11 heteroatoms. The minimum Gasteiger partial charge on any atom is -0.462 e. The second-order valence-corrected chi connectivity index (χ2v) is 15.5. The first kappa shape index (κ1) is 52.7. The van der Waals surface area contributed by atoms with Crippen LogP contribution in [0.15, 0.2) is 60.8 Å². The van der Waals surface area contributed by atoms with Gasteiger partial charge in [-0.1, -0.05) is 132 Å². The Balaban J connectivity index is 4.39. The summed E-state index contributed by atoms with van der Waals surface area (Å²) in [6, 6.07) is 0. The molecular formula is C44H77O10P. The lowest BCUT2D eigenvalue weighted by molar-refractivity contribution is -0.161. The summed E-state index contributed by atoms with van der Waals surface area (Å²) in [6.07, 6.45) is 43.3. The molecule has 0 bridgehead atoms. The van der Waals surface area contributed by atoms with Crippen molar-refractivity contribution < 1.29 is 47.8 Å². The zero-order chi connectivity index (χ0) is 40.5. The fourth-order valence-corrected chi connectivity index (χ4v) is 6.11. The molecule has 318 valence electrons. The van der Waals surface area contributed by atoms with Gasteiger partial charge in [-0.3, -0.25) is 18.6 Å². The number of phosphoric ester groups is 1. The number of allylic oxidation sites excluding steroid dienone is 10. The van der Waals surface area contributed by atoms with E-state index < -0.39 is 51.8 Å². The fourth-order valence-electron chi connectivity index (χ4n) is 5.32. The summed E-state index contributed by atoms with van der Waals surface area (Å²) in [7, 11) is -4.63. The van der Waals surface area contributed by atoms with Crippen LogP contribution in [0.25, 0.3) is 0 Å². The molecule has 0 spiro atoms. The molecular weight excluding hydrogens is 719 g/mol. The largest absolute Gasteiger partial charge is 0.472 e. The van der Waals surface area contributed by atoms with E-state index in [1.165, 1.54) is 64.2 Å². The standard InChI is InChI=1S/C44H77O10P/c1-3-5-7-9-11-13-15-17-19-20-22-23-25-27-29-31-33-35-43(47)51-39-42(40-53-55(49,50)52-38-41(46)37-45)54-44(48)36-34-32-30-28-26-24-21-18-16-14-12-10-8-6-4-2/h11-14,17-19,21,26,28,41-42,45-46H,3-10,15-16,20,22-25,27,29-40H2,1-2H3,(H,49,50)/b13-11-,14-12-,19-17-,21-18-,28-26-/t41-,42+/m0/s1. The predicted octanol–water partition coefficient (Wildman–Crippen LogP) is 11.1. The Morgan fingerprint density at radius 2 is 0.945 bits per heavy atom. The molecule has 0 fully saturated rings. The van der Waals surface area contributed by atoms with E-state index in [1.807, 2.05) is 0 Å². The van der Waals surface area contributed by atoms with Crippen LogP contribution in [0.5, 0.6) is 0 Å². The van der Waals surface area contributed by atoms with Crippen LogP contribution < -0.4 is 0 Å². The van der Waals surface area contributed by atoms with Gasteiger partial charge in [-0.25, -0.2) is 4.57 Å². The van der Waals surface area contributed by atoms with Crippen LogP contribution in [0.2, 0.25) is 0 Å². The Kier molecular flexibility index (Phi) is 38.2. The number of esters is 2. The molecule has 0 saturated heterocycles. The Bertz CT molecular complexity index is 1100. The normalized spacial score (nSPS) is 14.5. The van der Waals surface area contributed by atoms with Crippen molar-refractivity contribution in [1.29, 1.82) is 0 Å². The Hall–Kier alpha value is -2.33. The van der Waals surface area contributed by atoms with Crippen molar-refractivity contribution in [2.24, 2.45) is 0 Å². The molecule has 0 aromatic carbocycles. The summed E-state index contributed by atoms with van der Waals surface area (Å²) in [5.41, 5.74) is 0. The molecule has 0 rings (SSSR count). The van der Waals surface area contributed by atoms with Crippen LogP contribution in [-0.2, 0) is 32.7 Å². The number of aliphatic hydroxyl groups is 2. The first-order valence-electron chi connectivity index (χ1n) is 21.2. The van der Waals surface area contributed by atoms with Gasteiger partial charge < -0.3 is 24.6 Å². The van der Waals surface area contributed by atoms with E-state index in [0.717, 1.165) is 64.2 Å². The number of unbranched alkanes of at least 4 members (excludes halogenated alkanes) is 15. The number of hydrogen-bond donors (Lipinski definition) is 3. The lowest BCUT2D eigenvalue weighted by atomic mass is 10.1. The smallest absolute Gasteiger partial charge is 0.462 e. The number of hydrogen-bond acceptors (Lipinski definition) is 9. The monoisotopic (exact) mass is 797 g/mol. The van der Waals surface area contributed by atoms with Gasteiger partial charge in [0.25, 0.3) is 0 Å². The van der Waals surface area contributed by atoms with Gasteiger partial charge in [-0.05, 0) is 83.5 Å². The van der Waals surface area contributed by atoms with Crippen molar-refractivity contribution in [1.82, 2.24) is 0 Å². The number of carbonyl (C=O) groups excluding carboxylic acids is 2. The maximum Gasteiger partial charge on any atom is 0.472 e. The number of rotatable bonds is 39. The van der Waals surface area contributed by atoms with Crippen LogP contribution in [0.1, 0.15) is 168 Å². The van der Waals surface area contributed by atoms with E-state index >= 15 is 0 Å². The first-order chi connectivity index (χ1) is 26.7. The van der Waals surface area contributed by atoms with E-state index in [2.05, 4.69) is 79.1 Å². The third-order valence-electron chi connectivity index (χ3n) is 8.64.